The number of carbonyl (C=O) groups excluding carboxylic acids is 1. The quantitative estimate of drug-likeness (QED) is 0.902. The van der Waals surface area contributed by atoms with E-state index in [-0.39, 0.29) is 5.91 Å². The minimum Gasteiger partial charge on any atom is -0.323 e. The molecule has 2 N–H and O–H groups in total. The van der Waals surface area contributed by atoms with Crippen LogP contribution in [0.4, 0.5) is 5.69 Å². The molecule has 112 valence electrons. The van der Waals surface area contributed by atoms with Crippen LogP contribution < -0.4 is 10.6 Å². The summed E-state index contributed by atoms with van der Waals surface area (Å²) in [6.07, 6.45) is 3.87. The Hall–Kier alpha value is -1.17. The van der Waals surface area contributed by atoms with Crippen LogP contribution in [0, 0.1) is 5.92 Å². The molecule has 0 bridgehead atoms. The summed E-state index contributed by atoms with van der Waals surface area (Å²) in [6, 6.07) is 3.74. The number of fused-ring (bicyclic) bond motifs is 1. The van der Waals surface area contributed by atoms with Crippen molar-refractivity contribution < 1.29 is 4.79 Å². The summed E-state index contributed by atoms with van der Waals surface area (Å²) in [6.45, 7) is 2.12. The van der Waals surface area contributed by atoms with E-state index in [9.17, 15) is 4.79 Å². The molecule has 2 aromatic rings. The zero-order valence-corrected chi connectivity index (χ0v) is 13.3. The van der Waals surface area contributed by atoms with Gasteiger partial charge in [0, 0.05) is 6.42 Å². The molecule has 21 heavy (non-hydrogen) atoms. The summed E-state index contributed by atoms with van der Waals surface area (Å²) in [4.78, 5) is 16.5. The molecule has 1 aliphatic rings. The van der Waals surface area contributed by atoms with Crippen molar-refractivity contribution in [1.82, 2.24) is 10.3 Å². The largest absolute Gasteiger partial charge is 0.323 e. The molecule has 0 aliphatic carbocycles. The number of nitrogens with zero attached hydrogens (tertiary/aromatic N) is 1. The molecule has 1 amide bonds. The van der Waals surface area contributed by atoms with E-state index in [1.165, 1.54) is 12.8 Å². The minimum absolute atomic E-state index is 0.0166. The fraction of sp³-hybridized carbons (Fsp3) is 0.467. The summed E-state index contributed by atoms with van der Waals surface area (Å²) >= 11 is 7.74. The van der Waals surface area contributed by atoms with Crippen molar-refractivity contribution >= 4 is 44.7 Å². The Balaban J connectivity index is 1.63. The number of halogens is 1. The van der Waals surface area contributed by atoms with Crippen LogP contribution in [0.15, 0.2) is 17.6 Å². The predicted octanol–water partition coefficient (Wildman–Crippen LogP) is 3.67. The van der Waals surface area contributed by atoms with Gasteiger partial charge in [0.25, 0.3) is 0 Å². The lowest BCUT2D eigenvalue weighted by molar-refractivity contribution is -0.116. The summed E-state index contributed by atoms with van der Waals surface area (Å²) < 4.78 is 1.03. The molecule has 3 rings (SSSR count). The molecular weight excluding hydrogens is 306 g/mol. The topological polar surface area (TPSA) is 54.0 Å². The van der Waals surface area contributed by atoms with Crippen molar-refractivity contribution in [2.24, 2.45) is 5.92 Å². The summed E-state index contributed by atoms with van der Waals surface area (Å²) in [5.74, 6) is 0.623. The second-order valence-corrected chi connectivity index (χ2v) is 6.71. The van der Waals surface area contributed by atoms with Crippen molar-refractivity contribution in [3.05, 3.63) is 22.7 Å². The van der Waals surface area contributed by atoms with Crippen LogP contribution in [0.25, 0.3) is 10.2 Å². The van der Waals surface area contributed by atoms with Crippen LogP contribution in [0.2, 0.25) is 5.02 Å². The number of thiazole rings is 1. The van der Waals surface area contributed by atoms with E-state index < -0.39 is 0 Å². The summed E-state index contributed by atoms with van der Waals surface area (Å²) in [5.41, 5.74) is 3.19. The van der Waals surface area contributed by atoms with Gasteiger partial charge in [-0.05, 0) is 50.4 Å². The third-order valence-corrected chi connectivity index (χ3v) is 5.00. The molecule has 1 fully saturated rings. The number of hydrogen-bond donors (Lipinski definition) is 2. The Morgan fingerprint density at radius 3 is 3.24 bits per heavy atom. The zero-order valence-electron chi connectivity index (χ0n) is 11.7. The summed E-state index contributed by atoms with van der Waals surface area (Å²) in [5, 5.41) is 6.85. The number of anilines is 1. The molecule has 1 aromatic heterocycles. The lowest BCUT2D eigenvalue weighted by Crippen LogP contribution is -2.30. The number of piperidine rings is 1. The third kappa shape index (κ3) is 3.54. The van der Waals surface area contributed by atoms with E-state index in [0.717, 1.165) is 29.7 Å². The molecule has 1 saturated heterocycles. The van der Waals surface area contributed by atoms with Crippen molar-refractivity contribution in [3.63, 3.8) is 0 Å². The zero-order chi connectivity index (χ0) is 14.7. The average Bonchev–Trinajstić information content (AvgIpc) is 2.98. The highest BCUT2D eigenvalue weighted by Gasteiger charge is 2.16. The van der Waals surface area contributed by atoms with Gasteiger partial charge >= 0.3 is 0 Å². The van der Waals surface area contributed by atoms with Crippen molar-refractivity contribution in [2.45, 2.75) is 25.7 Å². The molecule has 0 saturated carbocycles. The lowest BCUT2D eigenvalue weighted by Gasteiger charge is -2.22. The van der Waals surface area contributed by atoms with Crippen molar-refractivity contribution in [1.29, 1.82) is 0 Å². The van der Waals surface area contributed by atoms with Crippen molar-refractivity contribution in [2.75, 3.05) is 18.4 Å². The standard InChI is InChI=1S/C15H18ClN3OS/c16-11-4-5-12-15(18-9-21-12)14(11)19-13(20)6-3-10-2-1-7-17-8-10/h4-5,9-10,17H,1-3,6-8H2,(H,19,20). The van der Waals surface area contributed by atoms with Gasteiger partial charge in [0.05, 0.1) is 20.9 Å². The maximum absolute atomic E-state index is 12.2. The van der Waals surface area contributed by atoms with Gasteiger partial charge in [-0.2, -0.15) is 0 Å². The van der Waals surface area contributed by atoms with Gasteiger partial charge in [-0.1, -0.05) is 11.6 Å². The maximum atomic E-state index is 12.2. The van der Waals surface area contributed by atoms with Gasteiger partial charge < -0.3 is 10.6 Å². The lowest BCUT2D eigenvalue weighted by atomic mass is 9.94. The van der Waals surface area contributed by atoms with E-state index in [2.05, 4.69) is 15.6 Å². The van der Waals surface area contributed by atoms with Crippen molar-refractivity contribution in [3.8, 4) is 0 Å². The fourth-order valence-electron chi connectivity index (χ4n) is 2.73. The van der Waals surface area contributed by atoms with E-state index in [1.807, 2.05) is 12.1 Å². The number of benzene rings is 1. The molecule has 1 aliphatic heterocycles. The number of amides is 1. The Labute approximate surface area is 132 Å². The molecular formula is C15H18ClN3OS. The van der Waals surface area contributed by atoms with Crippen LogP contribution in [-0.4, -0.2) is 24.0 Å². The van der Waals surface area contributed by atoms with Crippen LogP contribution in [0.3, 0.4) is 0 Å². The van der Waals surface area contributed by atoms with Crippen LogP contribution in [0.1, 0.15) is 25.7 Å². The minimum atomic E-state index is 0.0166. The van der Waals surface area contributed by atoms with Crippen LogP contribution >= 0.6 is 22.9 Å². The average molecular weight is 324 g/mol. The fourth-order valence-corrected chi connectivity index (χ4v) is 3.62. The number of hydrogen-bond acceptors (Lipinski definition) is 4. The van der Waals surface area contributed by atoms with Gasteiger partial charge in [-0.3, -0.25) is 4.79 Å². The molecule has 1 atom stereocenters. The first-order valence-corrected chi connectivity index (χ1v) is 8.52. The maximum Gasteiger partial charge on any atom is 0.224 e. The predicted molar refractivity (Wildman–Crippen MR) is 88.1 cm³/mol. The molecule has 6 heteroatoms. The Kier molecular flexibility index (Phi) is 4.73. The molecule has 1 aromatic carbocycles. The first-order chi connectivity index (χ1) is 10.2. The highest BCUT2D eigenvalue weighted by atomic mass is 35.5. The Bertz CT molecular complexity index is 637. The summed E-state index contributed by atoms with van der Waals surface area (Å²) in [7, 11) is 0. The third-order valence-electron chi connectivity index (χ3n) is 3.89. The number of nitrogens with one attached hydrogen (secondary N) is 2. The van der Waals surface area contributed by atoms with Crippen LogP contribution in [-0.2, 0) is 4.79 Å². The van der Waals surface area contributed by atoms with E-state index in [0.29, 0.717) is 23.0 Å². The SMILES string of the molecule is O=C(CCC1CCCNC1)Nc1c(Cl)ccc2scnc12. The normalized spacial score (nSPS) is 18.8. The molecule has 4 nitrogen and oxygen atoms in total. The molecule has 0 radical (unpaired) electrons. The first-order valence-electron chi connectivity index (χ1n) is 7.26. The van der Waals surface area contributed by atoms with Gasteiger partial charge in [-0.15, -0.1) is 11.3 Å². The van der Waals surface area contributed by atoms with Gasteiger partial charge in [0.1, 0.15) is 5.52 Å². The molecule has 0 spiro atoms. The van der Waals surface area contributed by atoms with Gasteiger partial charge in [0.15, 0.2) is 0 Å². The second kappa shape index (κ2) is 6.73. The Morgan fingerprint density at radius 1 is 1.52 bits per heavy atom. The number of rotatable bonds is 4. The number of aromatic nitrogens is 1. The van der Waals surface area contributed by atoms with Crippen LogP contribution in [0.5, 0.6) is 0 Å². The monoisotopic (exact) mass is 323 g/mol. The van der Waals surface area contributed by atoms with Gasteiger partial charge in [-0.25, -0.2) is 4.98 Å². The number of carbonyl (C=O) groups is 1. The van der Waals surface area contributed by atoms with E-state index in [4.69, 9.17) is 11.6 Å². The molecule has 2 heterocycles. The first kappa shape index (κ1) is 14.8. The van der Waals surface area contributed by atoms with Gasteiger partial charge in [0.2, 0.25) is 5.91 Å². The highest BCUT2D eigenvalue weighted by Crippen LogP contribution is 2.32. The van der Waals surface area contributed by atoms with E-state index in [1.54, 1.807) is 16.8 Å². The Morgan fingerprint density at radius 2 is 2.43 bits per heavy atom. The second-order valence-electron chi connectivity index (χ2n) is 5.42. The van der Waals surface area contributed by atoms with E-state index >= 15 is 0 Å². The highest BCUT2D eigenvalue weighted by molar-refractivity contribution is 7.16. The molecule has 1 unspecified atom stereocenters. The smallest absolute Gasteiger partial charge is 0.224 e.